The van der Waals surface area contributed by atoms with Gasteiger partial charge in [-0.05, 0) is 46.1 Å². The Bertz CT molecular complexity index is 767. The Balaban J connectivity index is 1.58. The molecule has 2 aliphatic rings. The molecule has 0 radical (unpaired) electrons. The van der Waals surface area contributed by atoms with Gasteiger partial charge in [0.1, 0.15) is 5.82 Å². The number of rotatable bonds is 10. The van der Waals surface area contributed by atoms with Gasteiger partial charge in [-0.2, -0.15) is 4.98 Å². The van der Waals surface area contributed by atoms with Gasteiger partial charge in [-0.1, -0.05) is 0 Å². The second-order valence-corrected chi connectivity index (χ2v) is 9.05. The summed E-state index contributed by atoms with van der Waals surface area (Å²) in [6, 6.07) is 3.11. The van der Waals surface area contributed by atoms with E-state index in [0.717, 1.165) is 25.9 Å². The summed E-state index contributed by atoms with van der Waals surface area (Å²) in [5, 5.41) is 12.9. The Morgan fingerprint density at radius 2 is 2.07 bits per heavy atom. The van der Waals surface area contributed by atoms with Gasteiger partial charge in [-0.3, -0.25) is 14.9 Å². The lowest BCUT2D eigenvalue weighted by Crippen LogP contribution is -2.64. The number of hydrogen-bond donors (Lipinski definition) is 0. The summed E-state index contributed by atoms with van der Waals surface area (Å²) in [6.07, 6.45) is 2.94. The molecule has 1 aromatic heterocycles. The van der Waals surface area contributed by atoms with Crippen LogP contribution in [0.4, 0.5) is 11.5 Å². The third-order valence-electron chi connectivity index (χ3n) is 5.72. The van der Waals surface area contributed by atoms with Crippen LogP contribution in [0.15, 0.2) is 12.1 Å². The van der Waals surface area contributed by atoms with Crippen LogP contribution in [0.3, 0.4) is 0 Å². The van der Waals surface area contributed by atoms with Crippen molar-refractivity contribution in [1.29, 1.82) is 0 Å². The second kappa shape index (κ2) is 8.73. The van der Waals surface area contributed by atoms with Crippen molar-refractivity contribution >= 4 is 18.0 Å². The molecule has 0 atom stereocenters. The SMILES string of the molecule is COC1CC2(C1)CN(c1ccc([N+](=O)[O-])c(OCCCN(OC=O)C(C)(C)C)n1)C2. The lowest BCUT2D eigenvalue weighted by atomic mass is 9.62. The van der Waals surface area contributed by atoms with E-state index in [1.165, 1.54) is 6.07 Å². The van der Waals surface area contributed by atoms with E-state index in [1.54, 1.807) is 18.2 Å². The fraction of sp³-hybridized carbons (Fsp3) is 0.700. The number of hydroxylamine groups is 2. The summed E-state index contributed by atoms with van der Waals surface area (Å²) < 4.78 is 11.0. The van der Waals surface area contributed by atoms with Crippen LogP contribution in [0, 0.1) is 15.5 Å². The molecule has 0 N–H and O–H groups in total. The summed E-state index contributed by atoms with van der Waals surface area (Å²) in [5.41, 5.74) is -0.226. The molecule has 3 rings (SSSR count). The number of methoxy groups -OCH3 is 1. The molecule has 30 heavy (non-hydrogen) atoms. The molecular weight excluding hydrogens is 392 g/mol. The van der Waals surface area contributed by atoms with Crippen LogP contribution in [0.2, 0.25) is 0 Å². The summed E-state index contributed by atoms with van der Waals surface area (Å²) in [5.74, 6) is 0.697. The highest BCUT2D eigenvalue weighted by Crippen LogP contribution is 2.50. The minimum atomic E-state index is -0.490. The number of nitro groups is 1. The maximum absolute atomic E-state index is 11.4. The normalized spacial score (nSPS) is 18.1. The van der Waals surface area contributed by atoms with E-state index in [2.05, 4.69) is 9.88 Å². The molecular formula is C20H30N4O6. The predicted molar refractivity (Wildman–Crippen MR) is 109 cm³/mol. The van der Waals surface area contributed by atoms with Crippen molar-refractivity contribution in [2.75, 3.05) is 38.3 Å². The van der Waals surface area contributed by atoms with Crippen molar-refractivity contribution in [2.45, 2.75) is 51.7 Å². The Hall–Kier alpha value is -2.46. The smallest absolute Gasteiger partial charge is 0.331 e. The molecule has 1 aromatic rings. The van der Waals surface area contributed by atoms with E-state index in [-0.39, 0.29) is 23.7 Å². The number of nitrogens with zero attached hydrogens (tertiary/aromatic N) is 4. The fourth-order valence-electron chi connectivity index (χ4n) is 4.08. The largest absolute Gasteiger partial charge is 0.473 e. The highest BCUT2D eigenvalue weighted by Gasteiger charge is 2.53. The molecule has 1 spiro atoms. The van der Waals surface area contributed by atoms with Gasteiger partial charge in [-0.15, -0.1) is 5.06 Å². The number of carbonyl (C=O) groups is 1. The third kappa shape index (κ3) is 4.81. The van der Waals surface area contributed by atoms with Crippen molar-refractivity contribution in [3.8, 4) is 5.88 Å². The number of ether oxygens (including phenoxy) is 2. The predicted octanol–water partition coefficient (Wildman–Crippen LogP) is 2.56. The zero-order valence-electron chi connectivity index (χ0n) is 18.0. The third-order valence-corrected chi connectivity index (χ3v) is 5.72. The molecule has 0 bridgehead atoms. The monoisotopic (exact) mass is 422 g/mol. The molecule has 1 aliphatic carbocycles. The summed E-state index contributed by atoms with van der Waals surface area (Å²) in [4.78, 5) is 33.1. The van der Waals surface area contributed by atoms with Crippen LogP contribution in [-0.2, 0) is 14.4 Å². The average Bonchev–Trinajstić information content (AvgIpc) is 2.61. The highest BCUT2D eigenvalue weighted by atomic mass is 16.7. The van der Waals surface area contributed by atoms with E-state index in [4.69, 9.17) is 14.3 Å². The van der Waals surface area contributed by atoms with E-state index in [0.29, 0.717) is 36.8 Å². The molecule has 0 unspecified atom stereocenters. The summed E-state index contributed by atoms with van der Waals surface area (Å²) in [7, 11) is 1.74. The van der Waals surface area contributed by atoms with Crippen LogP contribution in [0.25, 0.3) is 0 Å². The first kappa shape index (κ1) is 22.2. The Labute approximate surface area is 176 Å². The number of aromatic nitrogens is 1. The molecule has 2 heterocycles. The number of carbonyl (C=O) groups excluding carboxylic acids is 1. The Kier molecular flexibility index (Phi) is 6.47. The van der Waals surface area contributed by atoms with Gasteiger partial charge < -0.3 is 19.2 Å². The van der Waals surface area contributed by atoms with Crippen LogP contribution < -0.4 is 9.64 Å². The lowest BCUT2D eigenvalue weighted by Gasteiger charge is -2.58. The van der Waals surface area contributed by atoms with Gasteiger partial charge in [0, 0.05) is 43.8 Å². The van der Waals surface area contributed by atoms with Crippen molar-refractivity contribution < 1.29 is 24.0 Å². The minimum Gasteiger partial charge on any atom is -0.473 e. The lowest BCUT2D eigenvalue weighted by molar-refractivity contribution is -0.386. The molecule has 1 saturated heterocycles. The first-order valence-corrected chi connectivity index (χ1v) is 10.1. The molecule has 10 nitrogen and oxygen atoms in total. The highest BCUT2D eigenvalue weighted by molar-refractivity contribution is 5.52. The van der Waals surface area contributed by atoms with Crippen molar-refractivity contribution in [2.24, 2.45) is 5.41 Å². The molecule has 166 valence electrons. The molecule has 10 heteroatoms. The molecule has 0 aromatic carbocycles. The number of anilines is 1. The van der Waals surface area contributed by atoms with Crippen LogP contribution in [0.1, 0.15) is 40.0 Å². The van der Waals surface area contributed by atoms with E-state index < -0.39 is 4.92 Å². The minimum absolute atomic E-state index is 0.0143. The number of hydrogen-bond acceptors (Lipinski definition) is 9. The quantitative estimate of drug-likeness (QED) is 0.243. The molecule has 1 saturated carbocycles. The van der Waals surface area contributed by atoms with E-state index in [9.17, 15) is 14.9 Å². The van der Waals surface area contributed by atoms with Crippen LogP contribution in [-0.4, -0.2) is 66.4 Å². The second-order valence-electron chi connectivity index (χ2n) is 9.05. The standard InChI is InChI=1S/C20H30N4O6/c1-19(2,3)23(30-14-25)8-5-9-29-18-16(24(26)27)6-7-17(21-18)22-12-20(13-22)10-15(11-20)28-4/h6-7,14-15H,5,8-13H2,1-4H3. The first-order chi connectivity index (χ1) is 14.2. The van der Waals surface area contributed by atoms with E-state index >= 15 is 0 Å². The van der Waals surface area contributed by atoms with Crippen molar-refractivity contribution in [3.05, 3.63) is 22.2 Å². The Morgan fingerprint density at radius 1 is 1.37 bits per heavy atom. The van der Waals surface area contributed by atoms with E-state index in [1.807, 2.05) is 20.8 Å². The summed E-state index contributed by atoms with van der Waals surface area (Å²) >= 11 is 0. The van der Waals surface area contributed by atoms with Gasteiger partial charge >= 0.3 is 12.2 Å². The Morgan fingerprint density at radius 3 is 2.63 bits per heavy atom. The first-order valence-electron chi connectivity index (χ1n) is 10.1. The van der Waals surface area contributed by atoms with Gasteiger partial charge in [-0.25, -0.2) is 0 Å². The summed E-state index contributed by atoms with van der Waals surface area (Å²) in [6.45, 7) is 8.55. The zero-order valence-corrected chi connectivity index (χ0v) is 18.0. The molecule has 2 fully saturated rings. The maximum Gasteiger partial charge on any atom is 0.331 e. The average molecular weight is 422 g/mol. The van der Waals surface area contributed by atoms with Gasteiger partial charge in [0.2, 0.25) is 0 Å². The molecule has 0 amide bonds. The van der Waals surface area contributed by atoms with Gasteiger partial charge in [0.15, 0.2) is 0 Å². The fourth-order valence-corrected chi connectivity index (χ4v) is 4.08. The zero-order chi connectivity index (χ0) is 21.9. The van der Waals surface area contributed by atoms with Gasteiger partial charge in [0.05, 0.1) is 17.6 Å². The topological polar surface area (TPSA) is 107 Å². The maximum atomic E-state index is 11.4. The van der Waals surface area contributed by atoms with Crippen LogP contribution in [0.5, 0.6) is 5.88 Å². The van der Waals surface area contributed by atoms with Crippen molar-refractivity contribution in [1.82, 2.24) is 10.0 Å². The van der Waals surface area contributed by atoms with Crippen LogP contribution >= 0.6 is 0 Å². The van der Waals surface area contributed by atoms with Gasteiger partial charge in [0.25, 0.3) is 5.88 Å². The number of pyridine rings is 1. The van der Waals surface area contributed by atoms with Crippen molar-refractivity contribution in [3.63, 3.8) is 0 Å². The molecule has 1 aliphatic heterocycles.